The van der Waals surface area contributed by atoms with Gasteiger partial charge in [-0.15, -0.1) is 0 Å². The number of nitro benzene ring substituents is 1. The van der Waals surface area contributed by atoms with Crippen LogP contribution in [0.15, 0.2) is 48.6 Å². The summed E-state index contributed by atoms with van der Waals surface area (Å²) in [6.07, 6.45) is 9.12. The summed E-state index contributed by atoms with van der Waals surface area (Å²) in [5.74, 6) is -0.417. The fourth-order valence-corrected chi connectivity index (χ4v) is 2.23. The molecule has 5 heteroatoms. The average Bonchev–Trinajstić information content (AvgIpc) is 2.48. The van der Waals surface area contributed by atoms with Gasteiger partial charge in [-0.2, -0.15) is 0 Å². The molecule has 20 heavy (non-hydrogen) atoms. The maximum atomic E-state index is 12.3. The lowest BCUT2D eigenvalue weighted by Gasteiger charge is -2.31. The minimum atomic E-state index is -0.538. The standard InChI is InChI=1S/C15H16N2O3/c1-2-15(10-6-3-7-11-15)16-14(18)12-8-4-5-9-13(12)17(19)20/h3-10H,2,11H2,1H3,(H,16,18). The van der Waals surface area contributed by atoms with Crippen LogP contribution in [0.4, 0.5) is 5.69 Å². The van der Waals surface area contributed by atoms with Gasteiger partial charge in [-0.25, -0.2) is 0 Å². The lowest BCUT2D eigenvalue weighted by atomic mass is 9.88. The first-order valence-electron chi connectivity index (χ1n) is 6.48. The van der Waals surface area contributed by atoms with Crippen molar-refractivity contribution in [3.8, 4) is 0 Å². The Bertz CT molecular complexity index is 593. The van der Waals surface area contributed by atoms with Crippen LogP contribution < -0.4 is 5.32 Å². The van der Waals surface area contributed by atoms with Gasteiger partial charge < -0.3 is 5.32 Å². The number of carbonyl (C=O) groups excluding carboxylic acids is 1. The van der Waals surface area contributed by atoms with Crippen molar-refractivity contribution >= 4 is 11.6 Å². The van der Waals surface area contributed by atoms with Crippen molar-refractivity contribution in [3.63, 3.8) is 0 Å². The zero-order valence-corrected chi connectivity index (χ0v) is 11.2. The summed E-state index contributed by atoms with van der Waals surface area (Å²) >= 11 is 0. The van der Waals surface area contributed by atoms with Crippen molar-refractivity contribution < 1.29 is 9.72 Å². The largest absolute Gasteiger partial charge is 0.343 e. The minimum absolute atomic E-state index is 0.0910. The predicted octanol–water partition coefficient (Wildman–Crippen LogP) is 2.99. The number of hydrogen-bond acceptors (Lipinski definition) is 3. The summed E-state index contributed by atoms with van der Waals surface area (Å²) in [5.41, 5.74) is -0.546. The second-order valence-corrected chi connectivity index (χ2v) is 4.73. The van der Waals surface area contributed by atoms with Crippen molar-refractivity contribution in [1.82, 2.24) is 5.32 Å². The van der Waals surface area contributed by atoms with Gasteiger partial charge in [-0.1, -0.05) is 43.4 Å². The van der Waals surface area contributed by atoms with E-state index in [-0.39, 0.29) is 11.3 Å². The monoisotopic (exact) mass is 272 g/mol. The second-order valence-electron chi connectivity index (χ2n) is 4.73. The topological polar surface area (TPSA) is 72.2 Å². The van der Waals surface area contributed by atoms with E-state index in [1.807, 2.05) is 31.2 Å². The fraction of sp³-hybridized carbons (Fsp3) is 0.267. The van der Waals surface area contributed by atoms with Crippen molar-refractivity contribution in [3.05, 3.63) is 64.2 Å². The zero-order valence-electron chi connectivity index (χ0n) is 11.2. The summed E-state index contributed by atoms with van der Waals surface area (Å²) in [4.78, 5) is 22.8. The van der Waals surface area contributed by atoms with Gasteiger partial charge in [-0.05, 0) is 18.9 Å². The number of carbonyl (C=O) groups is 1. The van der Waals surface area contributed by atoms with Crippen LogP contribution in [0, 0.1) is 10.1 Å². The number of hydrogen-bond donors (Lipinski definition) is 1. The Morgan fingerprint density at radius 1 is 1.40 bits per heavy atom. The van der Waals surface area contributed by atoms with E-state index < -0.39 is 16.4 Å². The molecule has 0 saturated carbocycles. The van der Waals surface area contributed by atoms with Crippen LogP contribution in [0.25, 0.3) is 0 Å². The van der Waals surface area contributed by atoms with Crippen LogP contribution in [0.1, 0.15) is 30.1 Å². The number of nitrogens with zero attached hydrogens (tertiary/aromatic N) is 1. The van der Waals surface area contributed by atoms with Crippen LogP contribution in [-0.2, 0) is 0 Å². The minimum Gasteiger partial charge on any atom is -0.343 e. The average molecular weight is 272 g/mol. The van der Waals surface area contributed by atoms with Crippen molar-refractivity contribution in [2.24, 2.45) is 0 Å². The maximum Gasteiger partial charge on any atom is 0.282 e. The number of para-hydroxylation sites is 1. The number of nitro groups is 1. The van der Waals surface area contributed by atoms with Gasteiger partial charge in [0, 0.05) is 6.07 Å². The first kappa shape index (κ1) is 14.0. The summed E-state index contributed by atoms with van der Waals surface area (Å²) in [5, 5.41) is 13.9. The van der Waals surface area contributed by atoms with E-state index in [4.69, 9.17) is 0 Å². The van der Waals surface area contributed by atoms with Gasteiger partial charge in [0.05, 0.1) is 10.5 Å². The quantitative estimate of drug-likeness (QED) is 0.676. The molecule has 1 aliphatic carbocycles. The van der Waals surface area contributed by atoms with Gasteiger partial charge in [0.1, 0.15) is 5.56 Å². The van der Waals surface area contributed by atoms with E-state index in [9.17, 15) is 14.9 Å². The van der Waals surface area contributed by atoms with E-state index >= 15 is 0 Å². The Morgan fingerprint density at radius 3 is 2.75 bits per heavy atom. The Kier molecular flexibility index (Phi) is 3.98. The van der Waals surface area contributed by atoms with E-state index in [1.165, 1.54) is 12.1 Å². The molecule has 1 aliphatic rings. The predicted molar refractivity (Wildman–Crippen MR) is 76.5 cm³/mol. The maximum absolute atomic E-state index is 12.3. The molecule has 1 N–H and O–H groups in total. The number of nitrogens with one attached hydrogen (secondary N) is 1. The molecule has 1 unspecified atom stereocenters. The molecule has 0 heterocycles. The molecular formula is C15H16N2O3. The van der Waals surface area contributed by atoms with Gasteiger partial charge >= 0.3 is 0 Å². The van der Waals surface area contributed by atoms with Gasteiger partial charge in [0.15, 0.2) is 0 Å². The Hall–Kier alpha value is -2.43. The highest BCUT2D eigenvalue weighted by molar-refractivity contribution is 5.98. The SMILES string of the molecule is CCC1(NC(=O)c2ccccc2[N+](=O)[O-])C=CC=CC1. The number of rotatable bonds is 4. The third-order valence-corrected chi connectivity index (χ3v) is 3.48. The molecule has 0 radical (unpaired) electrons. The summed E-state index contributed by atoms with van der Waals surface area (Å²) in [6.45, 7) is 1.98. The molecule has 0 bridgehead atoms. The molecular weight excluding hydrogens is 256 g/mol. The summed E-state index contributed by atoms with van der Waals surface area (Å²) in [6, 6.07) is 5.98. The third-order valence-electron chi connectivity index (χ3n) is 3.48. The molecule has 0 saturated heterocycles. The van der Waals surface area contributed by atoms with Crippen molar-refractivity contribution in [2.45, 2.75) is 25.3 Å². The highest BCUT2D eigenvalue weighted by atomic mass is 16.6. The van der Waals surface area contributed by atoms with Gasteiger partial charge in [0.25, 0.3) is 11.6 Å². The summed E-state index contributed by atoms with van der Waals surface area (Å²) in [7, 11) is 0. The van der Waals surface area contributed by atoms with Crippen molar-refractivity contribution in [2.75, 3.05) is 0 Å². The van der Waals surface area contributed by atoms with E-state index in [1.54, 1.807) is 12.1 Å². The van der Waals surface area contributed by atoms with Gasteiger partial charge in [-0.3, -0.25) is 14.9 Å². The molecule has 0 fully saturated rings. The first-order chi connectivity index (χ1) is 9.58. The molecule has 1 atom stereocenters. The highest BCUT2D eigenvalue weighted by Crippen LogP contribution is 2.24. The normalized spacial score (nSPS) is 20.6. The number of amides is 1. The van der Waals surface area contributed by atoms with Crippen LogP contribution in [0.3, 0.4) is 0 Å². The number of benzene rings is 1. The Labute approximate surface area is 117 Å². The smallest absolute Gasteiger partial charge is 0.282 e. The molecule has 1 aromatic carbocycles. The Morgan fingerprint density at radius 2 is 2.15 bits per heavy atom. The van der Waals surface area contributed by atoms with Gasteiger partial charge in [0.2, 0.25) is 0 Å². The first-order valence-corrected chi connectivity index (χ1v) is 6.48. The van der Waals surface area contributed by atoms with E-state index in [0.717, 1.165) is 6.42 Å². The molecule has 1 aromatic rings. The molecule has 2 rings (SSSR count). The van der Waals surface area contributed by atoms with Crippen LogP contribution in [0.5, 0.6) is 0 Å². The lowest BCUT2D eigenvalue weighted by Crippen LogP contribution is -2.46. The fourth-order valence-electron chi connectivity index (χ4n) is 2.23. The zero-order chi connectivity index (χ0) is 14.6. The summed E-state index contributed by atoms with van der Waals surface area (Å²) < 4.78 is 0. The second kappa shape index (κ2) is 5.69. The van der Waals surface area contributed by atoms with Crippen LogP contribution >= 0.6 is 0 Å². The van der Waals surface area contributed by atoms with E-state index in [0.29, 0.717) is 6.42 Å². The van der Waals surface area contributed by atoms with Crippen LogP contribution in [0.2, 0.25) is 0 Å². The molecule has 1 amide bonds. The highest BCUT2D eigenvalue weighted by Gasteiger charge is 2.29. The molecule has 0 aliphatic heterocycles. The number of allylic oxidation sites excluding steroid dienone is 2. The Balaban J connectivity index is 2.26. The molecule has 5 nitrogen and oxygen atoms in total. The van der Waals surface area contributed by atoms with E-state index in [2.05, 4.69) is 5.32 Å². The lowest BCUT2D eigenvalue weighted by molar-refractivity contribution is -0.385. The molecule has 0 aromatic heterocycles. The van der Waals surface area contributed by atoms with Crippen molar-refractivity contribution in [1.29, 1.82) is 0 Å². The molecule has 104 valence electrons. The third kappa shape index (κ3) is 2.77. The van der Waals surface area contributed by atoms with Crippen LogP contribution in [-0.4, -0.2) is 16.4 Å². The molecule has 0 spiro atoms.